The number of benzene rings is 2. The average Bonchev–Trinajstić information content (AvgIpc) is 2.41. The minimum Gasteiger partial charge on any atom is -0.326 e. The minimum absolute atomic E-state index is 0.0120. The highest BCUT2D eigenvalue weighted by atomic mass is 35.5. The summed E-state index contributed by atoms with van der Waals surface area (Å²) in [6, 6.07) is 15.3. The summed E-state index contributed by atoms with van der Waals surface area (Å²) < 4.78 is 0. The van der Waals surface area contributed by atoms with Crippen molar-refractivity contribution in [3.8, 4) is 0 Å². The highest BCUT2D eigenvalue weighted by Crippen LogP contribution is 2.27. The first-order chi connectivity index (χ1) is 9.97. The summed E-state index contributed by atoms with van der Waals surface area (Å²) in [5.74, 6) is 0.0247. The molecule has 0 spiro atoms. The van der Waals surface area contributed by atoms with E-state index in [1.165, 1.54) is 0 Å². The summed E-state index contributed by atoms with van der Waals surface area (Å²) in [5, 5.41) is 3.69. The van der Waals surface area contributed by atoms with Gasteiger partial charge in [-0.2, -0.15) is 0 Å². The molecule has 0 aliphatic rings. The molecule has 0 aliphatic carbocycles. The molecule has 21 heavy (non-hydrogen) atoms. The van der Waals surface area contributed by atoms with Crippen LogP contribution in [0, 0.1) is 12.8 Å². The van der Waals surface area contributed by atoms with Crippen LogP contribution in [-0.2, 0) is 4.79 Å². The molecule has 3 heteroatoms. The van der Waals surface area contributed by atoms with Crippen molar-refractivity contribution in [2.24, 2.45) is 5.92 Å². The Hall–Kier alpha value is -1.80. The van der Waals surface area contributed by atoms with Crippen LogP contribution in [0.4, 0.5) is 5.69 Å². The number of rotatable bonds is 4. The topological polar surface area (TPSA) is 29.1 Å². The molecule has 0 radical (unpaired) electrons. The number of hydrogen-bond acceptors (Lipinski definition) is 1. The number of carbonyl (C=O) groups excluding carboxylic acids is 1. The van der Waals surface area contributed by atoms with Crippen molar-refractivity contribution in [3.05, 3.63) is 64.7 Å². The smallest absolute Gasteiger partial charge is 0.232 e. The molecule has 0 saturated carbocycles. The number of aryl methyl sites for hydroxylation is 1. The summed E-state index contributed by atoms with van der Waals surface area (Å²) in [5.41, 5.74) is 2.94. The second kappa shape index (κ2) is 6.77. The van der Waals surface area contributed by atoms with Gasteiger partial charge in [0.15, 0.2) is 0 Å². The molecule has 2 nitrogen and oxygen atoms in total. The van der Waals surface area contributed by atoms with Gasteiger partial charge in [-0.25, -0.2) is 0 Å². The van der Waals surface area contributed by atoms with Crippen LogP contribution in [0.3, 0.4) is 0 Å². The van der Waals surface area contributed by atoms with Gasteiger partial charge in [0.05, 0.1) is 5.92 Å². The number of carbonyl (C=O) groups is 1. The predicted molar refractivity (Wildman–Crippen MR) is 88.8 cm³/mol. The third-order valence-corrected chi connectivity index (χ3v) is 3.72. The molecule has 1 amide bonds. The minimum atomic E-state index is -0.192. The van der Waals surface area contributed by atoms with Crippen molar-refractivity contribution in [1.82, 2.24) is 0 Å². The molecular weight excluding hydrogens is 282 g/mol. The third kappa shape index (κ3) is 4.08. The van der Waals surface area contributed by atoms with Crippen molar-refractivity contribution >= 4 is 23.2 Å². The molecule has 2 aromatic carbocycles. The van der Waals surface area contributed by atoms with Gasteiger partial charge in [0.2, 0.25) is 5.91 Å². The van der Waals surface area contributed by atoms with Crippen LogP contribution in [-0.4, -0.2) is 5.91 Å². The van der Waals surface area contributed by atoms with Gasteiger partial charge in [0, 0.05) is 10.7 Å². The lowest BCUT2D eigenvalue weighted by Crippen LogP contribution is -2.25. The molecule has 110 valence electrons. The third-order valence-electron chi connectivity index (χ3n) is 3.46. The zero-order chi connectivity index (χ0) is 15.4. The van der Waals surface area contributed by atoms with Crippen LogP contribution in [0.5, 0.6) is 0 Å². The van der Waals surface area contributed by atoms with E-state index >= 15 is 0 Å². The second-order valence-corrected chi connectivity index (χ2v) is 6.07. The maximum atomic E-state index is 12.6. The lowest BCUT2D eigenvalue weighted by Gasteiger charge is -2.21. The molecule has 1 atom stereocenters. The molecule has 0 bridgehead atoms. The largest absolute Gasteiger partial charge is 0.326 e. The van der Waals surface area contributed by atoms with E-state index in [0.29, 0.717) is 5.02 Å². The maximum absolute atomic E-state index is 12.6. The Labute approximate surface area is 131 Å². The van der Waals surface area contributed by atoms with Gasteiger partial charge in [-0.15, -0.1) is 0 Å². The fourth-order valence-corrected chi connectivity index (χ4v) is 2.58. The zero-order valence-electron chi connectivity index (χ0n) is 12.6. The lowest BCUT2D eigenvalue weighted by molar-refractivity contribution is -0.118. The fourth-order valence-electron chi connectivity index (χ4n) is 2.45. The Morgan fingerprint density at radius 2 is 1.76 bits per heavy atom. The Kier molecular flexibility index (Phi) is 5.03. The summed E-state index contributed by atoms with van der Waals surface area (Å²) in [7, 11) is 0. The summed E-state index contributed by atoms with van der Waals surface area (Å²) in [6.07, 6.45) is 0. The number of anilines is 1. The van der Waals surface area contributed by atoms with Gasteiger partial charge in [-0.1, -0.05) is 49.7 Å². The molecule has 2 rings (SSSR count). The lowest BCUT2D eigenvalue weighted by atomic mass is 9.87. The van der Waals surface area contributed by atoms with Crippen molar-refractivity contribution in [2.45, 2.75) is 26.7 Å². The molecule has 0 fully saturated rings. The van der Waals surface area contributed by atoms with Crippen LogP contribution < -0.4 is 5.32 Å². The first-order valence-electron chi connectivity index (χ1n) is 7.10. The molecule has 0 aliphatic heterocycles. The van der Waals surface area contributed by atoms with Crippen molar-refractivity contribution in [2.75, 3.05) is 5.32 Å². The first-order valence-corrected chi connectivity index (χ1v) is 7.48. The first kappa shape index (κ1) is 15.6. The highest BCUT2D eigenvalue weighted by Gasteiger charge is 2.24. The molecular formula is C18H20ClNO. The fraction of sp³-hybridized carbons (Fsp3) is 0.278. The number of hydrogen-bond donors (Lipinski definition) is 1. The summed E-state index contributed by atoms with van der Waals surface area (Å²) in [6.45, 7) is 6.11. The molecule has 0 aromatic heterocycles. The van der Waals surface area contributed by atoms with E-state index in [4.69, 9.17) is 11.6 Å². The van der Waals surface area contributed by atoms with Crippen molar-refractivity contribution < 1.29 is 4.79 Å². The van der Waals surface area contributed by atoms with Gasteiger partial charge in [0.1, 0.15) is 0 Å². The van der Waals surface area contributed by atoms with Gasteiger partial charge >= 0.3 is 0 Å². The van der Waals surface area contributed by atoms with E-state index in [0.717, 1.165) is 16.8 Å². The second-order valence-electron chi connectivity index (χ2n) is 5.63. The standard InChI is InChI=1S/C18H20ClNO/c1-12(2)17(14-7-9-15(19)10-8-14)18(21)20-16-6-4-5-13(3)11-16/h4-12,17H,1-3H3,(H,20,21)/t17-/m0/s1. The van der Waals surface area contributed by atoms with Gasteiger partial charge in [-0.3, -0.25) is 4.79 Å². The Morgan fingerprint density at radius 1 is 1.10 bits per heavy atom. The van der Waals surface area contributed by atoms with E-state index < -0.39 is 0 Å². The van der Waals surface area contributed by atoms with Crippen LogP contribution in [0.2, 0.25) is 5.02 Å². The maximum Gasteiger partial charge on any atom is 0.232 e. The van der Waals surface area contributed by atoms with Crippen LogP contribution >= 0.6 is 11.6 Å². The average molecular weight is 302 g/mol. The highest BCUT2D eigenvalue weighted by molar-refractivity contribution is 6.30. The van der Waals surface area contributed by atoms with Gasteiger partial charge in [0.25, 0.3) is 0 Å². The Bertz CT molecular complexity index is 619. The number of halogens is 1. The monoisotopic (exact) mass is 301 g/mol. The molecule has 0 heterocycles. The van der Waals surface area contributed by atoms with Crippen molar-refractivity contribution in [1.29, 1.82) is 0 Å². The van der Waals surface area contributed by atoms with Gasteiger partial charge in [-0.05, 0) is 48.2 Å². The number of amides is 1. The predicted octanol–water partition coefficient (Wildman–Crippen LogP) is 5.03. The molecule has 2 aromatic rings. The Balaban J connectivity index is 2.22. The number of nitrogens with one attached hydrogen (secondary N) is 1. The zero-order valence-corrected chi connectivity index (χ0v) is 13.3. The van der Waals surface area contributed by atoms with Crippen LogP contribution in [0.15, 0.2) is 48.5 Å². The van der Waals surface area contributed by atoms with Crippen molar-refractivity contribution in [3.63, 3.8) is 0 Å². The quantitative estimate of drug-likeness (QED) is 0.843. The van der Waals surface area contributed by atoms with E-state index in [1.807, 2.05) is 55.5 Å². The Morgan fingerprint density at radius 3 is 2.33 bits per heavy atom. The molecule has 0 saturated heterocycles. The normalized spacial score (nSPS) is 12.2. The van der Waals surface area contributed by atoms with Crippen LogP contribution in [0.1, 0.15) is 30.9 Å². The van der Waals surface area contributed by atoms with E-state index in [1.54, 1.807) is 0 Å². The molecule has 0 unspecified atom stereocenters. The van der Waals surface area contributed by atoms with E-state index in [2.05, 4.69) is 19.2 Å². The van der Waals surface area contributed by atoms with E-state index in [-0.39, 0.29) is 17.7 Å². The summed E-state index contributed by atoms with van der Waals surface area (Å²) >= 11 is 5.92. The SMILES string of the molecule is Cc1cccc(NC(=O)[C@H](c2ccc(Cl)cc2)C(C)C)c1. The van der Waals surface area contributed by atoms with Crippen LogP contribution in [0.25, 0.3) is 0 Å². The summed E-state index contributed by atoms with van der Waals surface area (Å²) in [4.78, 5) is 12.6. The molecule has 1 N–H and O–H groups in total. The van der Waals surface area contributed by atoms with Gasteiger partial charge < -0.3 is 5.32 Å². The van der Waals surface area contributed by atoms with E-state index in [9.17, 15) is 4.79 Å².